The zero-order valence-corrected chi connectivity index (χ0v) is 6.79. The van der Waals surface area contributed by atoms with Crippen LogP contribution in [-0.2, 0) is 6.42 Å². The molecule has 0 aromatic carbocycles. The van der Waals surface area contributed by atoms with Gasteiger partial charge in [0.25, 0.3) is 0 Å². The lowest BCUT2D eigenvalue weighted by Crippen LogP contribution is -1.97. The van der Waals surface area contributed by atoms with Crippen molar-refractivity contribution in [1.82, 2.24) is 9.38 Å². The average Bonchev–Trinajstić information content (AvgIpc) is 2.52. The molecule has 0 spiro atoms. The van der Waals surface area contributed by atoms with Gasteiger partial charge in [-0.1, -0.05) is 6.92 Å². The SMILES string of the molecule is CCc1c(F)ccc2cncn12. The van der Waals surface area contributed by atoms with E-state index < -0.39 is 0 Å². The molecule has 2 nitrogen and oxygen atoms in total. The van der Waals surface area contributed by atoms with Gasteiger partial charge in [0.1, 0.15) is 5.82 Å². The first-order valence-electron chi connectivity index (χ1n) is 3.92. The lowest BCUT2D eigenvalue weighted by Gasteiger charge is -2.02. The Morgan fingerprint density at radius 1 is 1.50 bits per heavy atom. The van der Waals surface area contributed by atoms with Gasteiger partial charge >= 0.3 is 0 Å². The molecule has 0 aliphatic carbocycles. The Morgan fingerprint density at radius 2 is 2.33 bits per heavy atom. The number of aryl methyl sites for hydroxylation is 1. The van der Waals surface area contributed by atoms with Crippen LogP contribution in [0.25, 0.3) is 5.52 Å². The van der Waals surface area contributed by atoms with Crippen LogP contribution in [0.15, 0.2) is 24.7 Å². The van der Waals surface area contributed by atoms with Crippen molar-refractivity contribution >= 4 is 5.52 Å². The number of pyridine rings is 1. The number of nitrogens with zero attached hydrogens (tertiary/aromatic N) is 2. The van der Waals surface area contributed by atoms with Gasteiger partial charge in [-0.25, -0.2) is 9.37 Å². The monoisotopic (exact) mass is 164 g/mol. The van der Waals surface area contributed by atoms with E-state index in [4.69, 9.17) is 0 Å². The van der Waals surface area contributed by atoms with E-state index in [-0.39, 0.29) is 5.82 Å². The van der Waals surface area contributed by atoms with Crippen molar-refractivity contribution in [1.29, 1.82) is 0 Å². The van der Waals surface area contributed by atoms with Crippen molar-refractivity contribution in [3.05, 3.63) is 36.2 Å². The summed E-state index contributed by atoms with van der Waals surface area (Å²) in [6.07, 6.45) is 4.04. The smallest absolute Gasteiger partial charge is 0.143 e. The van der Waals surface area contributed by atoms with Crippen molar-refractivity contribution in [3.8, 4) is 0 Å². The summed E-state index contributed by atoms with van der Waals surface area (Å²) in [6.45, 7) is 1.93. The van der Waals surface area contributed by atoms with Crippen LogP contribution in [0.1, 0.15) is 12.6 Å². The van der Waals surface area contributed by atoms with E-state index in [0.717, 1.165) is 5.52 Å². The third-order valence-corrected chi connectivity index (χ3v) is 1.97. The Labute approximate surface area is 69.7 Å². The zero-order valence-electron chi connectivity index (χ0n) is 6.79. The first kappa shape index (κ1) is 7.28. The highest BCUT2D eigenvalue weighted by molar-refractivity contribution is 5.46. The second-order valence-electron chi connectivity index (χ2n) is 2.67. The van der Waals surface area contributed by atoms with E-state index in [1.807, 2.05) is 6.92 Å². The molecular weight excluding hydrogens is 155 g/mol. The Morgan fingerprint density at radius 3 is 3.08 bits per heavy atom. The minimum Gasteiger partial charge on any atom is -0.300 e. The minimum absolute atomic E-state index is 0.164. The molecular formula is C9H9FN2. The molecule has 2 aromatic heterocycles. The van der Waals surface area contributed by atoms with Crippen LogP contribution in [0.2, 0.25) is 0 Å². The highest BCUT2D eigenvalue weighted by Crippen LogP contribution is 2.11. The molecule has 0 aliphatic heterocycles. The fourth-order valence-electron chi connectivity index (χ4n) is 1.36. The van der Waals surface area contributed by atoms with Crippen LogP contribution < -0.4 is 0 Å². The van der Waals surface area contributed by atoms with Gasteiger partial charge in [0.05, 0.1) is 23.7 Å². The predicted molar refractivity (Wildman–Crippen MR) is 44.5 cm³/mol. The molecule has 62 valence electrons. The molecule has 0 unspecified atom stereocenters. The highest BCUT2D eigenvalue weighted by atomic mass is 19.1. The van der Waals surface area contributed by atoms with E-state index in [9.17, 15) is 4.39 Å². The van der Waals surface area contributed by atoms with Crippen LogP contribution >= 0.6 is 0 Å². The summed E-state index contributed by atoms with van der Waals surface area (Å²) in [6, 6.07) is 3.21. The Balaban J connectivity index is 2.83. The van der Waals surface area contributed by atoms with Gasteiger partial charge in [0.15, 0.2) is 0 Å². The van der Waals surface area contributed by atoms with Crippen LogP contribution in [0.4, 0.5) is 4.39 Å². The third kappa shape index (κ3) is 0.897. The number of aromatic nitrogens is 2. The van der Waals surface area contributed by atoms with Crippen LogP contribution in [0.3, 0.4) is 0 Å². The van der Waals surface area contributed by atoms with Crippen molar-refractivity contribution < 1.29 is 4.39 Å². The van der Waals surface area contributed by atoms with Gasteiger partial charge < -0.3 is 4.40 Å². The van der Waals surface area contributed by atoms with Crippen molar-refractivity contribution in [2.75, 3.05) is 0 Å². The zero-order chi connectivity index (χ0) is 8.55. The summed E-state index contributed by atoms with van der Waals surface area (Å²) in [5.41, 5.74) is 1.62. The molecule has 0 saturated carbocycles. The normalized spacial score (nSPS) is 10.8. The molecule has 0 bridgehead atoms. The summed E-state index contributed by atoms with van der Waals surface area (Å²) < 4.78 is 14.9. The number of rotatable bonds is 1. The molecule has 2 rings (SSSR count). The summed E-state index contributed by atoms with van der Waals surface area (Å²) in [7, 11) is 0. The van der Waals surface area contributed by atoms with Crippen LogP contribution in [0, 0.1) is 5.82 Å². The molecule has 0 amide bonds. The molecule has 2 heterocycles. The summed E-state index contributed by atoms with van der Waals surface area (Å²) in [5, 5.41) is 0. The number of hydrogen-bond acceptors (Lipinski definition) is 1. The van der Waals surface area contributed by atoms with Crippen LogP contribution in [0.5, 0.6) is 0 Å². The maximum absolute atomic E-state index is 13.1. The molecule has 12 heavy (non-hydrogen) atoms. The fraction of sp³-hybridized carbons (Fsp3) is 0.222. The van der Waals surface area contributed by atoms with E-state index in [1.165, 1.54) is 6.07 Å². The van der Waals surface area contributed by atoms with E-state index in [2.05, 4.69) is 4.98 Å². The molecule has 0 radical (unpaired) electrons. The van der Waals surface area contributed by atoms with Crippen molar-refractivity contribution in [2.24, 2.45) is 0 Å². The molecule has 3 heteroatoms. The van der Waals surface area contributed by atoms with E-state index in [1.54, 1.807) is 23.0 Å². The molecule has 0 saturated heterocycles. The van der Waals surface area contributed by atoms with Gasteiger partial charge in [-0.2, -0.15) is 0 Å². The second-order valence-corrected chi connectivity index (χ2v) is 2.67. The number of imidazole rings is 1. The molecule has 0 aliphatic rings. The first-order chi connectivity index (χ1) is 5.83. The first-order valence-corrected chi connectivity index (χ1v) is 3.92. The van der Waals surface area contributed by atoms with Gasteiger partial charge in [0.2, 0.25) is 0 Å². The second kappa shape index (κ2) is 2.59. The highest BCUT2D eigenvalue weighted by Gasteiger charge is 2.03. The Kier molecular flexibility index (Phi) is 1.57. The fourth-order valence-corrected chi connectivity index (χ4v) is 1.36. The van der Waals surface area contributed by atoms with Crippen molar-refractivity contribution in [3.63, 3.8) is 0 Å². The number of hydrogen-bond donors (Lipinski definition) is 0. The summed E-state index contributed by atoms with van der Waals surface area (Å²) >= 11 is 0. The molecule has 2 aromatic rings. The van der Waals surface area contributed by atoms with Crippen LogP contribution in [-0.4, -0.2) is 9.38 Å². The van der Waals surface area contributed by atoms with Gasteiger partial charge in [-0.3, -0.25) is 0 Å². The van der Waals surface area contributed by atoms with Gasteiger partial charge in [-0.05, 0) is 18.6 Å². The molecule has 0 atom stereocenters. The largest absolute Gasteiger partial charge is 0.300 e. The lowest BCUT2D eigenvalue weighted by molar-refractivity contribution is 0.598. The Bertz CT molecular complexity index is 406. The topological polar surface area (TPSA) is 17.3 Å². The summed E-state index contributed by atoms with van der Waals surface area (Å²) in [5.74, 6) is -0.164. The third-order valence-electron chi connectivity index (χ3n) is 1.97. The maximum Gasteiger partial charge on any atom is 0.143 e. The maximum atomic E-state index is 13.1. The number of halogens is 1. The van der Waals surface area contributed by atoms with E-state index in [0.29, 0.717) is 12.1 Å². The predicted octanol–water partition coefficient (Wildman–Crippen LogP) is 2.04. The lowest BCUT2D eigenvalue weighted by atomic mass is 10.2. The van der Waals surface area contributed by atoms with E-state index >= 15 is 0 Å². The Hall–Kier alpha value is -1.38. The molecule has 0 N–H and O–H groups in total. The van der Waals surface area contributed by atoms with Gasteiger partial charge in [-0.15, -0.1) is 0 Å². The molecule has 0 fully saturated rings. The average molecular weight is 164 g/mol. The quantitative estimate of drug-likeness (QED) is 0.630. The van der Waals surface area contributed by atoms with Gasteiger partial charge in [0, 0.05) is 0 Å². The standard InChI is InChI=1S/C9H9FN2/c1-2-9-8(10)4-3-7-5-11-6-12(7)9/h3-6H,2H2,1H3. The number of fused-ring (bicyclic) bond motifs is 1. The summed E-state index contributed by atoms with van der Waals surface area (Å²) in [4.78, 5) is 3.95. The van der Waals surface area contributed by atoms with Crippen molar-refractivity contribution in [2.45, 2.75) is 13.3 Å². The minimum atomic E-state index is -0.164.